The molecule has 0 aliphatic heterocycles. The van der Waals surface area contributed by atoms with Crippen molar-refractivity contribution in [3.05, 3.63) is 22.2 Å². The maximum Gasteiger partial charge on any atom is 0.174 e. The van der Waals surface area contributed by atoms with Crippen LogP contribution in [0, 0.1) is 0 Å². The second kappa shape index (κ2) is 6.43. The molecule has 4 heteroatoms. The lowest BCUT2D eigenvalue weighted by Gasteiger charge is -2.18. The lowest BCUT2D eigenvalue weighted by atomic mass is 10.1. The Morgan fingerprint density at radius 2 is 2.06 bits per heavy atom. The highest BCUT2D eigenvalue weighted by atomic mass is 79.9. The third-order valence-corrected chi connectivity index (χ3v) is 3.89. The van der Waals surface area contributed by atoms with Crippen LogP contribution >= 0.6 is 15.9 Å². The van der Waals surface area contributed by atoms with Crippen molar-refractivity contribution < 1.29 is 9.47 Å². The molecule has 1 saturated carbocycles. The Balaban J connectivity index is 2.23. The topological polar surface area (TPSA) is 44.5 Å². The van der Waals surface area contributed by atoms with Crippen LogP contribution in [0.5, 0.6) is 11.5 Å². The van der Waals surface area contributed by atoms with E-state index in [2.05, 4.69) is 22.0 Å². The van der Waals surface area contributed by atoms with Crippen molar-refractivity contribution in [2.24, 2.45) is 5.73 Å². The van der Waals surface area contributed by atoms with E-state index < -0.39 is 0 Å². The smallest absolute Gasteiger partial charge is 0.174 e. The van der Waals surface area contributed by atoms with Gasteiger partial charge in [0.2, 0.25) is 0 Å². The number of halogens is 1. The molecule has 18 heavy (non-hydrogen) atoms. The van der Waals surface area contributed by atoms with Gasteiger partial charge in [0.25, 0.3) is 0 Å². The Bertz CT molecular complexity index is 403. The zero-order chi connectivity index (χ0) is 13.0. The SMILES string of the molecule is COc1c(Br)cc(CCN)cc1OC1CCCC1. The van der Waals surface area contributed by atoms with Crippen molar-refractivity contribution in [1.29, 1.82) is 0 Å². The van der Waals surface area contributed by atoms with Crippen LogP contribution < -0.4 is 15.2 Å². The molecule has 0 amide bonds. The first-order valence-corrected chi connectivity index (χ1v) is 7.27. The molecule has 1 aliphatic carbocycles. The summed E-state index contributed by atoms with van der Waals surface area (Å²) in [4.78, 5) is 0. The maximum absolute atomic E-state index is 6.07. The number of rotatable bonds is 5. The molecule has 1 aliphatic rings. The quantitative estimate of drug-likeness (QED) is 0.907. The van der Waals surface area contributed by atoms with Crippen molar-refractivity contribution in [3.8, 4) is 11.5 Å². The summed E-state index contributed by atoms with van der Waals surface area (Å²) in [6.07, 6.45) is 5.99. The molecule has 1 aromatic carbocycles. The molecule has 2 rings (SSSR count). The van der Waals surface area contributed by atoms with Gasteiger partial charge in [-0.05, 0) is 72.3 Å². The predicted octanol–water partition coefficient (Wildman–Crippen LogP) is 3.28. The van der Waals surface area contributed by atoms with Crippen LogP contribution in [0.1, 0.15) is 31.2 Å². The Kier molecular flexibility index (Phi) is 4.89. The molecule has 0 heterocycles. The van der Waals surface area contributed by atoms with Crippen molar-refractivity contribution in [3.63, 3.8) is 0 Å². The van der Waals surface area contributed by atoms with Crippen LogP contribution in [0.3, 0.4) is 0 Å². The van der Waals surface area contributed by atoms with E-state index >= 15 is 0 Å². The summed E-state index contributed by atoms with van der Waals surface area (Å²) in [5.74, 6) is 1.62. The monoisotopic (exact) mass is 313 g/mol. The summed E-state index contributed by atoms with van der Waals surface area (Å²) in [5, 5.41) is 0. The Morgan fingerprint density at radius 1 is 1.33 bits per heavy atom. The molecule has 0 bridgehead atoms. The largest absolute Gasteiger partial charge is 0.492 e. The summed E-state index contributed by atoms with van der Waals surface area (Å²) < 4.78 is 12.4. The summed E-state index contributed by atoms with van der Waals surface area (Å²) in [6.45, 7) is 0.641. The fourth-order valence-electron chi connectivity index (χ4n) is 2.40. The number of nitrogens with two attached hydrogens (primary N) is 1. The molecule has 0 spiro atoms. The van der Waals surface area contributed by atoms with Crippen molar-refractivity contribution in [2.45, 2.75) is 38.2 Å². The molecular weight excluding hydrogens is 294 g/mol. The average molecular weight is 314 g/mol. The van der Waals surface area contributed by atoms with Crippen molar-refractivity contribution >= 4 is 15.9 Å². The molecule has 0 radical (unpaired) electrons. The molecule has 0 atom stereocenters. The van der Waals surface area contributed by atoms with Gasteiger partial charge >= 0.3 is 0 Å². The minimum absolute atomic E-state index is 0.332. The van der Waals surface area contributed by atoms with Crippen LogP contribution in [-0.4, -0.2) is 19.8 Å². The first kappa shape index (κ1) is 13.7. The van der Waals surface area contributed by atoms with Gasteiger partial charge in [-0.25, -0.2) is 0 Å². The van der Waals surface area contributed by atoms with E-state index in [-0.39, 0.29) is 0 Å². The number of ether oxygens (including phenoxy) is 2. The molecule has 0 aromatic heterocycles. The molecular formula is C14H20BrNO2. The third-order valence-electron chi connectivity index (χ3n) is 3.30. The van der Waals surface area contributed by atoms with Gasteiger partial charge in [-0.15, -0.1) is 0 Å². The van der Waals surface area contributed by atoms with Crippen LogP contribution in [0.2, 0.25) is 0 Å². The van der Waals surface area contributed by atoms with Gasteiger partial charge in [0, 0.05) is 0 Å². The summed E-state index contributed by atoms with van der Waals surface area (Å²) in [6, 6.07) is 4.10. The van der Waals surface area contributed by atoms with Gasteiger partial charge in [-0.3, -0.25) is 0 Å². The normalized spacial score (nSPS) is 15.9. The molecule has 100 valence electrons. The van der Waals surface area contributed by atoms with Gasteiger partial charge in [-0.1, -0.05) is 0 Å². The fraction of sp³-hybridized carbons (Fsp3) is 0.571. The highest BCUT2D eigenvalue weighted by Gasteiger charge is 2.20. The zero-order valence-electron chi connectivity index (χ0n) is 10.7. The number of methoxy groups -OCH3 is 1. The van der Waals surface area contributed by atoms with E-state index in [1.165, 1.54) is 18.4 Å². The fourth-order valence-corrected chi connectivity index (χ4v) is 3.06. The van der Waals surface area contributed by atoms with Gasteiger partial charge < -0.3 is 15.2 Å². The highest BCUT2D eigenvalue weighted by molar-refractivity contribution is 9.10. The van der Waals surface area contributed by atoms with Crippen molar-refractivity contribution in [1.82, 2.24) is 0 Å². The van der Waals surface area contributed by atoms with E-state index in [0.717, 1.165) is 35.2 Å². The van der Waals surface area contributed by atoms with Gasteiger partial charge in [0.15, 0.2) is 11.5 Å². The second-order valence-corrected chi connectivity index (χ2v) is 5.53. The van der Waals surface area contributed by atoms with Crippen LogP contribution in [0.15, 0.2) is 16.6 Å². The summed E-state index contributed by atoms with van der Waals surface area (Å²) in [5.41, 5.74) is 6.79. The number of hydrogen-bond donors (Lipinski definition) is 1. The van der Waals surface area contributed by atoms with E-state index in [0.29, 0.717) is 12.6 Å². The number of benzene rings is 1. The third kappa shape index (κ3) is 3.18. The van der Waals surface area contributed by atoms with Gasteiger partial charge in [-0.2, -0.15) is 0 Å². The van der Waals surface area contributed by atoms with Crippen LogP contribution in [-0.2, 0) is 6.42 Å². The Hall–Kier alpha value is -0.740. The molecule has 3 nitrogen and oxygen atoms in total. The predicted molar refractivity (Wildman–Crippen MR) is 76.3 cm³/mol. The lowest BCUT2D eigenvalue weighted by Crippen LogP contribution is -2.12. The van der Waals surface area contributed by atoms with E-state index in [4.69, 9.17) is 15.2 Å². The Labute approximate surface area is 117 Å². The van der Waals surface area contributed by atoms with E-state index in [1.807, 2.05) is 6.07 Å². The molecule has 1 fully saturated rings. The first-order valence-electron chi connectivity index (χ1n) is 6.47. The summed E-state index contributed by atoms with van der Waals surface area (Å²) in [7, 11) is 1.67. The van der Waals surface area contributed by atoms with Crippen molar-refractivity contribution in [2.75, 3.05) is 13.7 Å². The van der Waals surface area contributed by atoms with Gasteiger partial charge in [0.05, 0.1) is 17.7 Å². The van der Waals surface area contributed by atoms with E-state index in [9.17, 15) is 0 Å². The molecule has 0 saturated heterocycles. The standard InChI is InChI=1S/C14H20BrNO2/c1-17-14-12(15)8-10(6-7-16)9-13(14)18-11-4-2-3-5-11/h8-9,11H,2-7,16H2,1H3. The highest BCUT2D eigenvalue weighted by Crippen LogP contribution is 2.38. The molecule has 1 aromatic rings. The minimum Gasteiger partial charge on any atom is -0.492 e. The minimum atomic E-state index is 0.332. The maximum atomic E-state index is 6.07. The Morgan fingerprint density at radius 3 is 2.67 bits per heavy atom. The second-order valence-electron chi connectivity index (χ2n) is 4.67. The van der Waals surface area contributed by atoms with Crippen LogP contribution in [0.4, 0.5) is 0 Å². The molecule has 2 N–H and O–H groups in total. The van der Waals surface area contributed by atoms with Crippen LogP contribution in [0.25, 0.3) is 0 Å². The lowest BCUT2D eigenvalue weighted by molar-refractivity contribution is 0.200. The van der Waals surface area contributed by atoms with E-state index in [1.54, 1.807) is 7.11 Å². The van der Waals surface area contributed by atoms with Gasteiger partial charge in [0.1, 0.15) is 0 Å². The number of hydrogen-bond acceptors (Lipinski definition) is 3. The molecule has 0 unspecified atom stereocenters. The average Bonchev–Trinajstić information content (AvgIpc) is 2.82. The summed E-state index contributed by atoms with van der Waals surface area (Å²) >= 11 is 3.53. The first-order chi connectivity index (χ1) is 8.74. The zero-order valence-corrected chi connectivity index (χ0v) is 12.3.